The molecule has 0 spiro atoms. The summed E-state index contributed by atoms with van der Waals surface area (Å²) in [5, 5.41) is 7.17. The molecule has 1 aromatic carbocycles. The van der Waals surface area contributed by atoms with Crippen LogP contribution in [0.3, 0.4) is 0 Å². The number of fused-ring (bicyclic) bond motifs is 1. The highest BCUT2D eigenvalue weighted by atomic mass is 19.1. The highest BCUT2D eigenvalue weighted by molar-refractivity contribution is 5.99. The molecule has 1 fully saturated rings. The number of halogens is 1. The Balaban J connectivity index is 1.51. The van der Waals surface area contributed by atoms with Gasteiger partial charge in [-0.15, -0.1) is 0 Å². The van der Waals surface area contributed by atoms with Gasteiger partial charge < -0.3 is 15.0 Å². The van der Waals surface area contributed by atoms with Gasteiger partial charge in [0.15, 0.2) is 17.2 Å². The molecule has 4 rings (SSSR count). The Kier molecular flexibility index (Phi) is 6.34. The van der Waals surface area contributed by atoms with Crippen LogP contribution in [0.25, 0.3) is 5.65 Å². The highest BCUT2D eigenvalue weighted by Crippen LogP contribution is 2.28. The van der Waals surface area contributed by atoms with E-state index in [2.05, 4.69) is 15.4 Å². The monoisotopic (exact) mass is 439 g/mol. The van der Waals surface area contributed by atoms with E-state index in [-0.39, 0.29) is 29.9 Å². The maximum absolute atomic E-state index is 14.0. The molecule has 168 valence electrons. The van der Waals surface area contributed by atoms with Crippen LogP contribution in [0.1, 0.15) is 47.3 Å². The van der Waals surface area contributed by atoms with E-state index in [1.807, 2.05) is 17.9 Å². The van der Waals surface area contributed by atoms with Crippen LogP contribution in [0, 0.1) is 5.82 Å². The fourth-order valence-corrected chi connectivity index (χ4v) is 4.19. The van der Waals surface area contributed by atoms with Crippen molar-refractivity contribution >= 4 is 17.5 Å². The Labute approximate surface area is 185 Å². The number of methoxy groups -OCH3 is 1. The van der Waals surface area contributed by atoms with E-state index in [0.717, 1.165) is 18.5 Å². The third kappa shape index (κ3) is 4.28. The molecular weight excluding hydrogens is 413 g/mol. The highest BCUT2D eigenvalue weighted by Gasteiger charge is 2.27. The zero-order valence-electron chi connectivity index (χ0n) is 18.2. The molecule has 1 aliphatic rings. The Morgan fingerprint density at radius 1 is 1.31 bits per heavy atom. The molecule has 1 atom stereocenters. The van der Waals surface area contributed by atoms with Gasteiger partial charge in [0.25, 0.3) is 5.91 Å². The molecule has 3 heterocycles. The van der Waals surface area contributed by atoms with Crippen LogP contribution in [0.4, 0.5) is 4.39 Å². The van der Waals surface area contributed by atoms with Crippen molar-refractivity contribution in [2.24, 2.45) is 0 Å². The summed E-state index contributed by atoms with van der Waals surface area (Å²) >= 11 is 0. The number of amides is 2. The van der Waals surface area contributed by atoms with Crippen molar-refractivity contribution in [1.29, 1.82) is 0 Å². The molecule has 0 bridgehead atoms. The summed E-state index contributed by atoms with van der Waals surface area (Å²) in [6, 6.07) is 6.48. The van der Waals surface area contributed by atoms with Crippen LogP contribution in [0.15, 0.2) is 36.7 Å². The van der Waals surface area contributed by atoms with E-state index in [1.54, 1.807) is 16.8 Å². The lowest BCUT2D eigenvalue weighted by Crippen LogP contribution is -2.40. The van der Waals surface area contributed by atoms with Gasteiger partial charge in [0.1, 0.15) is 5.56 Å². The minimum absolute atomic E-state index is 0.0481. The topological polar surface area (TPSA) is 88.8 Å². The SMILES string of the molecule is CCNC(=O)c1cnn2c(C3CCCN(C(=O)Cc4ccc(OC)c(F)c4)C3)ccnc12. The number of rotatable bonds is 6. The first-order valence-corrected chi connectivity index (χ1v) is 10.7. The van der Waals surface area contributed by atoms with Gasteiger partial charge in [-0.3, -0.25) is 9.59 Å². The molecule has 9 heteroatoms. The van der Waals surface area contributed by atoms with Crippen LogP contribution in [0.5, 0.6) is 5.75 Å². The van der Waals surface area contributed by atoms with Gasteiger partial charge >= 0.3 is 0 Å². The maximum Gasteiger partial charge on any atom is 0.256 e. The van der Waals surface area contributed by atoms with Crippen LogP contribution in [0.2, 0.25) is 0 Å². The molecule has 3 aromatic rings. The van der Waals surface area contributed by atoms with E-state index in [1.165, 1.54) is 25.4 Å². The number of aromatic nitrogens is 3. The molecule has 1 N–H and O–H groups in total. The fraction of sp³-hybridized carbons (Fsp3) is 0.391. The predicted octanol–water partition coefficient (Wildman–Crippen LogP) is 2.58. The van der Waals surface area contributed by atoms with Crippen molar-refractivity contribution < 1.29 is 18.7 Å². The van der Waals surface area contributed by atoms with Crippen molar-refractivity contribution in [3.63, 3.8) is 0 Å². The van der Waals surface area contributed by atoms with E-state index in [9.17, 15) is 14.0 Å². The van der Waals surface area contributed by atoms with Crippen molar-refractivity contribution in [3.05, 3.63) is 59.3 Å². The third-order valence-electron chi connectivity index (χ3n) is 5.78. The average Bonchev–Trinajstić information content (AvgIpc) is 3.24. The zero-order chi connectivity index (χ0) is 22.7. The molecule has 8 nitrogen and oxygen atoms in total. The number of piperidine rings is 1. The van der Waals surface area contributed by atoms with Gasteiger partial charge in [0, 0.05) is 31.7 Å². The lowest BCUT2D eigenvalue weighted by Gasteiger charge is -2.33. The van der Waals surface area contributed by atoms with E-state index in [4.69, 9.17) is 4.74 Å². The summed E-state index contributed by atoms with van der Waals surface area (Å²) in [6.07, 6.45) is 5.08. The van der Waals surface area contributed by atoms with Gasteiger partial charge in [0.05, 0.1) is 25.4 Å². The van der Waals surface area contributed by atoms with Crippen LogP contribution in [-0.4, -0.2) is 58.1 Å². The number of benzene rings is 1. The van der Waals surface area contributed by atoms with Crippen molar-refractivity contribution in [3.8, 4) is 5.75 Å². The smallest absolute Gasteiger partial charge is 0.256 e. The number of ether oxygens (including phenoxy) is 1. The molecule has 0 saturated carbocycles. The summed E-state index contributed by atoms with van der Waals surface area (Å²) in [5.41, 5.74) is 2.46. The second kappa shape index (κ2) is 9.33. The second-order valence-corrected chi connectivity index (χ2v) is 7.85. The number of hydrogen-bond acceptors (Lipinski definition) is 5. The van der Waals surface area contributed by atoms with E-state index < -0.39 is 5.82 Å². The first-order chi connectivity index (χ1) is 15.5. The number of nitrogens with one attached hydrogen (secondary N) is 1. The van der Waals surface area contributed by atoms with Gasteiger partial charge in [0.2, 0.25) is 5.91 Å². The van der Waals surface area contributed by atoms with Crippen molar-refractivity contribution in [2.75, 3.05) is 26.7 Å². The Morgan fingerprint density at radius 3 is 2.91 bits per heavy atom. The summed E-state index contributed by atoms with van der Waals surface area (Å²) in [5.74, 6) is -0.512. The standard InChI is InChI=1S/C23H26FN5O3/c1-3-25-23(31)17-13-27-29-19(8-9-26-22(17)29)16-5-4-10-28(14-16)21(30)12-15-6-7-20(32-2)18(24)11-15/h6-9,11,13,16H,3-5,10,12,14H2,1-2H3,(H,25,31). The fourth-order valence-electron chi connectivity index (χ4n) is 4.19. The quantitative estimate of drug-likeness (QED) is 0.638. The summed E-state index contributed by atoms with van der Waals surface area (Å²) < 4.78 is 20.6. The number of likely N-dealkylation sites (tertiary alicyclic amines) is 1. The molecule has 1 saturated heterocycles. The van der Waals surface area contributed by atoms with Crippen LogP contribution < -0.4 is 10.1 Å². The number of hydrogen-bond donors (Lipinski definition) is 1. The molecule has 2 amide bonds. The minimum Gasteiger partial charge on any atom is -0.494 e. The Hall–Kier alpha value is -3.49. The summed E-state index contributed by atoms with van der Waals surface area (Å²) in [7, 11) is 1.41. The normalized spacial score (nSPS) is 16.2. The van der Waals surface area contributed by atoms with Gasteiger partial charge in [-0.2, -0.15) is 5.10 Å². The summed E-state index contributed by atoms with van der Waals surface area (Å²) in [4.78, 5) is 31.4. The van der Waals surface area contributed by atoms with Gasteiger partial charge in [-0.25, -0.2) is 13.9 Å². The maximum atomic E-state index is 14.0. The van der Waals surface area contributed by atoms with Gasteiger partial charge in [-0.05, 0) is 43.5 Å². The Morgan fingerprint density at radius 2 is 2.16 bits per heavy atom. The van der Waals surface area contributed by atoms with Crippen LogP contribution in [-0.2, 0) is 11.2 Å². The average molecular weight is 439 g/mol. The number of carbonyl (C=O) groups excluding carboxylic acids is 2. The van der Waals surface area contributed by atoms with Gasteiger partial charge in [-0.1, -0.05) is 6.07 Å². The van der Waals surface area contributed by atoms with Crippen molar-refractivity contribution in [1.82, 2.24) is 24.8 Å². The lowest BCUT2D eigenvalue weighted by atomic mass is 9.94. The van der Waals surface area contributed by atoms with Crippen LogP contribution >= 0.6 is 0 Å². The largest absolute Gasteiger partial charge is 0.494 e. The second-order valence-electron chi connectivity index (χ2n) is 7.85. The summed E-state index contributed by atoms with van der Waals surface area (Å²) in [6.45, 7) is 3.57. The van der Waals surface area contributed by atoms with E-state index >= 15 is 0 Å². The first kappa shape index (κ1) is 21.7. The molecule has 2 aromatic heterocycles. The molecule has 1 unspecified atom stereocenters. The Bertz CT molecular complexity index is 1150. The van der Waals surface area contributed by atoms with Crippen molar-refractivity contribution in [2.45, 2.75) is 32.1 Å². The number of nitrogens with zero attached hydrogens (tertiary/aromatic N) is 4. The number of carbonyl (C=O) groups is 2. The first-order valence-electron chi connectivity index (χ1n) is 10.7. The molecule has 32 heavy (non-hydrogen) atoms. The zero-order valence-corrected chi connectivity index (χ0v) is 18.2. The van der Waals surface area contributed by atoms with E-state index in [0.29, 0.717) is 36.4 Å². The third-order valence-corrected chi connectivity index (χ3v) is 5.78. The molecule has 0 aliphatic carbocycles. The molecule has 1 aliphatic heterocycles. The molecular formula is C23H26FN5O3. The minimum atomic E-state index is -0.477. The predicted molar refractivity (Wildman–Crippen MR) is 116 cm³/mol. The molecule has 0 radical (unpaired) electrons. The lowest BCUT2D eigenvalue weighted by molar-refractivity contribution is -0.131.